The standard InChI is InChI=1S/C51H32N4O/c1-4-15-33(16-5-1)35-19-12-20-37(31-35)50-52-49(34-17-6-2-7-18-34)53-51(54-50)42-26-13-25-41-47-39(24-14-28-46(47)56-48(41)42)36-29-30-45-43(32-36)40-23-10-11-27-44(40)55(45)38-21-8-3-9-22-38/h1-32H/i1D,4D,5D,15D,16D. The zero-order chi connectivity index (χ0) is 41.4. The number of benzene rings is 8. The molecule has 5 nitrogen and oxygen atoms in total. The second-order valence-corrected chi connectivity index (χ2v) is 13.6. The Bertz CT molecular complexity index is 3520. The van der Waals surface area contributed by atoms with Gasteiger partial charge in [-0.05, 0) is 70.8 Å². The van der Waals surface area contributed by atoms with Crippen LogP contribution >= 0.6 is 0 Å². The highest BCUT2D eigenvalue weighted by Gasteiger charge is 2.21. The van der Waals surface area contributed by atoms with Crippen molar-refractivity contribution in [2.45, 2.75) is 0 Å². The summed E-state index contributed by atoms with van der Waals surface area (Å²) in [6.07, 6.45) is 0. The van der Waals surface area contributed by atoms with Gasteiger partial charge in [-0.15, -0.1) is 0 Å². The van der Waals surface area contributed by atoms with Crippen molar-refractivity contribution in [3.63, 3.8) is 0 Å². The molecule has 0 saturated heterocycles. The Morgan fingerprint density at radius 2 is 1.07 bits per heavy atom. The molecule has 0 aliphatic heterocycles. The summed E-state index contributed by atoms with van der Waals surface area (Å²) in [5.74, 6) is 1.21. The van der Waals surface area contributed by atoms with Crippen LogP contribution in [0.5, 0.6) is 0 Å². The lowest BCUT2D eigenvalue weighted by atomic mass is 9.97. The van der Waals surface area contributed by atoms with Crippen molar-refractivity contribution in [1.29, 1.82) is 0 Å². The first-order valence-corrected chi connectivity index (χ1v) is 18.4. The van der Waals surface area contributed by atoms with E-state index in [1.165, 1.54) is 5.39 Å². The first kappa shape index (κ1) is 27.0. The summed E-state index contributed by atoms with van der Waals surface area (Å²) >= 11 is 0. The van der Waals surface area contributed by atoms with Crippen LogP contribution in [0.2, 0.25) is 0 Å². The van der Waals surface area contributed by atoms with Crippen molar-refractivity contribution in [1.82, 2.24) is 19.5 Å². The topological polar surface area (TPSA) is 56.7 Å². The zero-order valence-electron chi connectivity index (χ0n) is 34.8. The van der Waals surface area contributed by atoms with Crippen molar-refractivity contribution >= 4 is 43.7 Å². The van der Waals surface area contributed by atoms with Crippen LogP contribution in [-0.2, 0) is 0 Å². The molecule has 3 aromatic heterocycles. The van der Waals surface area contributed by atoms with E-state index in [9.17, 15) is 0 Å². The molecule has 262 valence electrons. The summed E-state index contributed by atoms with van der Waals surface area (Å²) in [6, 6.07) is 52.7. The quantitative estimate of drug-likeness (QED) is 0.172. The van der Waals surface area contributed by atoms with Crippen molar-refractivity contribution in [2.24, 2.45) is 0 Å². The molecule has 56 heavy (non-hydrogen) atoms. The molecule has 0 atom stereocenters. The number of furan rings is 1. The smallest absolute Gasteiger partial charge is 0.167 e. The molecule has 8 aromatic carbocycles. The van der Waals surface area contributed by atoms with Gasteiger partial charge in [0, 0.05) is 38.4 Å². The van der Waals surface area contributed by atoms with Gasteiger partial charge in [0.25, 0.3) is 0 Å². The van der Waals surface area contributed by atoms with E-state index in [0.29, 0.717) is 39.7 Å². The minimum Gasteiger partial charge on any atom is -0.455 e. The van der Waals surface area contributed by atoms with E-state index >= 15 is 0 Å². The molecule has 11 aromatic rings. The predicted octanol–water partition coefficient (Wildman–Crippen LogP) is 13.2. The highest BCUT2D eigenvalue weighted by atomic mass is 16.3. The van der Waals surface area contributed by atoms with Gasteiger partial charge in [0.15, 0.2) is 17.5 Å². The van der Waals surface area contributed by atoms with E-state index in [1.54, 1.807) is 18.2 Å². The van der Waals surface area contributed by atoms with Gasteiger partial charge in [0.1, 0.15) is 11.2 Å². The van der Waals surface area contributed by atoms with Crippen LogP contribution in [0.4, 0.5) is 0 Å². The fourth-order valence-corrected chi connectivity index (χ4v) is 7.81. The molecule has 0 spiro atoms. The molecule has 5 heteroatoms. The maximum absolute atomic E-state index is 8.61. The molecule has 0 aliphatic rings. The molecule has 0 aliphatic carbocycles. The van der Waals surface area contributed by atoms with Gasteiger partial charge < -0.3 is 8.98 Å². The van der Waals surface area contributed by atoms with Crippen molar-refractivity contribution in [3.8, 4) is 62.1 Å². The molecule has 11 rings (SSSR count). The Morgan fingerprint density at radius 1 is 0.429 bits per heavy atom. The maximum Gasteiger partial charge on any atom is 0.167 e. The molecule has 0 N–H and O–H groups in total. The lowest BCUT2D eigenvalue weighted by Gasteiger charge is -2.10. The number of hydrogen-bond acceptors (Lipinski definition) is 4. The predicted molar refractivity (Wildman–Crippen MR) is 229 cm³/mol. The molecule has 0 bridgehead atoms. The first-order valence-electron chi connectivity index (χ1n) is 20.9. The van der Waals surface area contributed by atoms with Crippen LogP contribution in [0.15, 0.2) is 198 Å². The molecule has 3 heterocycles. The summed E-state index contributed by atoms with van der Waals surface area (Å²) in [6.45, 7) is 0. The number of hydrogen-bond donors (Lipinski definition) is 0. The number of fused-ring (bicyclic) bond motifs is 6. The first-order chi connectivity index (χ1) is 29.8. The summed E-state index contributed by atoms with van der Waals surface area (Å²) in [7, 11) is 0. The minimum atomic E-state index is -0.440. The van der Waals surface area contributed by atoms with Gasteiger partial charge in [0.2, 0.25) is 0 Å². The molecule has 0 fully saturated rings. The molecule has 0 radical (unpaired) electrons. The second-order valence-electron chi connectivity index (χ2n) is 13.6. The monoisotopic (exact) mass is 721 g/mol. The third-order valence-corrected chi connectivity index (χ3v) is 10.3. The van der Waals surface area contributed by atoms with Gasteiger partial charge in [-0.2, -0.15) is 0 Å². The van der Waals surface area contributed by atoms with E-state index < -0.39 is 18.1 Å². The summed E-state index contributed by atoms with van der Waals surface area (Å²) in [5, 5.41) is 4.23. The van der Waals surface area contributed by atoms with Crippen molar-refractivity contribution < 1.29 is 11.3 Å². The number of rotatable bonds is 6. The maximum atomic E-state index is 8.61. The van der Waals surface area contributed by atoms with E-state index in [2.05, 4.69) is 83.4 Å². The summed E-state index contributed by atoms with van der Waals surface area (Å²) < 4.78 is 50.9. The van der Waals surface area contributed by atoms with Crippen LogP contribution in [-0.4, -0.2) is 19.5 Å². The second kappa shape index (κ2) is 13.0. The molecule has 0 saturated carbocycles. The third kappa shape index (κ3) is 5.29. The highest BCUT2D eigenvalue weighted by Crippen LogP contribution is 2.42. The van der Waals surface area contributed by atoms with Gasteiger partial charge in [-0.25, -0.2) is 15.0 Å². The average Bonchev–Trinajstić information content (AvgIpc) is 3.87. The van der Waals surface area contributed by atoms with Crippen LogP contribution in [0.1, 0.15) is 6.85 Å². The number of aromatic nitrogens is 4. The molecular weight excluding hydrogens is 685 g/mol. The summed E-state index contributed by atoms with van der Waals surface area (Å²) in [4.78, 5) is 15.0. The van der Waals surface area contributed by atoms with E-state index in [4.69, 9.17) is 26.2 Å². The Hall–Kier alpha value is -7.63. The van der Waals surface area contributed by atoms with Gasteiger partial charge in [0.05, 0.1) is 23.5 Å². The van der Waals surface area contributed by atoms with Crippen molar-refractivity contribution in [3.05, 3.63) is 194 Å². The lowest BCUT2D eigenvalue weighted by Crippen LogP contribution is -2.00. The van der Waals surface area contributed by atoms with Gasteiger partial charge in [-0.3, -0.25) is 0 Å². The molecule has 0 amide bonds. The zero-order valence-corrected chi connectivity index (χ0v) is 29.8. The Morgan fingerprint density at radius 3 is 1.93 bits per heavy atom. The number of nitrogens with zero attached hydrogens (tertiary/aromatic N) is 4. The van der Waals surface area contributed by atoms with Crippen molar-refractivity contribution in [2.75, 3.05) is 0 Å². The van der Waals surface area contributed by atoms with Crippen LogP contribution in [0.25, 0.3) is 106 Å². The highest BCUT2D eigenvalue weighted by molar-refractivity contribution is 6.17. The van der Waals surface area contributed by atoms with Crippen LogP contribution < -0.4 is 0 Å². The third-order valence-electron chi connectivity index (χ3n) is 10.3. The van der Waals surface area contributed by atoms with Gasteiger partial charge in [-0.1, -0.05) is 145 Å². The lowest BCUT2D eigenvalue weighted by molar-refractivity contribution is 0.669. The SMILES string of the molecule is [2H]c1c([2H])c([2H])c(-c2cccc(-c3nc(-c4ccccc4)nc(-c4cccc5c4oc4cccc(-c6ccc7c(c6)c6ccccc6n7-c6ccccc6)c45)n3)c2)c([2H])c1[2H]. The van der Waals surface area contributed by atoms with Gasteiger partial charge >= 0.3 is 0 Å². The van der Waals surface area contributed by atoms with E-state index in [-0.39, 0.29) is 17.6 Å². The van der Waals surface area contributed by atoms with Crippen LogP contribution in [0.3, 0.4) is 0 Å². The Labute approximate surface area is 329 Å². The minimum absolute atomic E-state index is 0.106. The average molecular weight is 722 g/mol. The molecular formula is C51H32N4O. The number of para-hydroxylation sites is 3. The van der Waals surface area contributed by atoms with E-state index in [1.807, 2.05) is 66.7 Å². The van der Waals surface area contributed by atoms with Crippen LogP contribution in [0, 0.1) is 0 Å². The Balaban J connectivity index is 1.08. The largest absolute Gasteiger partial charge is 0.455 e. The summed E-state index contributed by atoms with van der Waals surface area (Å²) in [5.41, 5.74) is 9.47. The fourth-order valence-electron chi connectivity index (χ4n) is 7.81. The Kier molecular flexibility index (Phi) is 6.29. The normalized spacial score (nSPS) is 12.8. The molecule has 0 unspecified atom stereocenters. The van der Waals surface area contributed by atoms with E-state index in [0.717, 1.165) is 55.2 Å². The fraction of sp³-hybridized carbons (Fsp3) is 0.